The lowest BCUT2D eigenvalue weighted by Crippen LogP contribution is -2.13. The second kappa shape index (κ2) is 6.94. The van der Waals surface area contributed by atoms with E-state index >= 15 is 0 Å². The van der Waals surface area contributed by atoms with Crippen LogP contribution < -0.4 is 4.72 Å². The van der Waals surface area contributed by atoms with Crippen molar-refractivity contribution in [3.05, 3.63) is 66.0 Å². The molecule has 0 amide bonds. The topological polar surface area (TPSA) is 134 Å². The van der Waals surface area contributed by atoms with E-state index in [9.17, 15) is 13.2 Å². The molecular weight excluding hydrogens is 360 g/mol. The van der Waals surface area contributed by atoms with Crippen LogP contribution in [0.2, 0.25) is 0 Å². The first kappa shape index (κ1) is 17.6. The van der Waals surface area contributed by atoms with Crippen LogP contribution in [0.3, 0.4) is 0 Å². The Hall–Kier alpha value is -3.24. The molecule has 0 unspecified atom stereocenters. The predicted octanol–water partition coefficient (Wildman–Crippen LogP) is 1.26. The summed E-state index contributed by atoms with van der Waals surface area (Å²) in [5.74, 6) is -1.13. The maximum absolute atomic E-state index is 12.4. The molecule has 3 rings (SSSR count). The average Bonchev–Trinajstić information content (AvgIpc) is 3.11. The van der Waals surface area contributed by atoms with Crippen molar-refractivity contribution in [2.75, 3.05) is 4.72 Å². The number of benzene rings is 2. The molecule has 0 spiro atoms. The summed E-state index contributed by atoms with van der Waals surface area (Å²) in [6.07, 6.45) is 1.56. The summed E-state index contributed by atoms with van der Waals surface area (Å²) >= 11 is 0. The highest BCUT2D eigenvalue weighted by Gasteiger charge is 2.15. The number of hydrogen-bond acceptors (Lipinski definition) is 6. The molecule has 0 aliphatic rings. The van der Waals surface area contributed by atoms with Gasteiger partial charge in [-0.3, -0.25) is 4.72 Å². The van der Waals surface area contributed by atoms with E-state index in [1.165, 1.54) is 28.9 Å². The van der Waals surface area contributed by atoms with Crippen molar-refractivity contribution in [3.8, 4) is 5.69 Å². The van der Waals surface area contributed by atoms with E-state index < -0.39 is 16.0 Å². The molecular formula is C16H14N4O5S. The van der Waals surface area contributed by atoms with Crippen LogP contribution in [0, 0.1) is 0 Å². The molecule has 0 bridgehead atoms. The minimum atomic E-state index is -3.84. The summed E-state index contributed by atoms with van der Waals surface area (Å²) < 4.78 is 28.6. The third kappa shape index (κ3) is 3.71. The molecule has 9 nitrogen and oxygen atoms in total. The number of aromatic carboxylic acids is 1. The van der Waals surface area contributed by atoms with Gasteiger partial charge in [-0.2, -0.15) is 0 Å². The molecule has 3 N–H and O–H groups in total. The fraction of sp³-hybridized carbons (Fsp3) is 0.0625. The number of nitrogens with one attached hydrogen (secondary N) is 1. The van der Waals surface area contributed by atoms with Crippen LogP contribution >= 0.6 is 0 Å². The van der Waals surface area contributed by atoms with Gasteiger partial charge in [0.25, 0.3) is 10.0 Å². The Balaban J connectivity index is 1.78. The fourth-order valence-corrected chi connectivity index (χ4v) is 3.23. The SMILES string of the molecule is O=C(O)c1ccc(S(=O)(=O)Nc2ccc(-n3cc(CO)nn3)cc2)cc1. The first-order valence-corrected chi connectivity index (χ1v) is 8.86. The van der Waals surface area contributed by atoms with E-state index in [1.54, 1.807) is 30.5 Å². The van der Waals surface area contributed by atoms with Gasteiger partial charge < -0.3 is 10.2 Å². The zero-order chi connectivity index (χ0) is 18.7. The Labute approximate surface area is 148 Å². The maximum atomic E-state index is 12.4. The smallest absolute Gasteiger partial charge is 0.335 e. The lowest BCUT2D eigenvalue weighted by molar-refractivity contribution is 0.0696. The lowest BCUT2D eigenvalue weighted by Gasteiger charge is -2.09. The van der Waals surface area contributed by atoms with Crippen molar-refractivity contribution in [1.82, 2.24) is 15.0 Å². The van der Waals surface area contributed by atoms with E-state index in [4.69, 9.17) is 10.2 Å². The standard InChI is InChI=1S/C16H14N4O5S/c21-10-13-9-20(19-17-13)14-5-3-12(4-6-14)18-26(24,25)15-7-1-11(2-8-15)16(22)23/h1-9,18,21H,10H2,(H,22,23). The Bertz CT molecular complexity index is 1030. The van der Waals surface area contributed by atoms with E-state index in [-0.39, 0.29) is 17.1 Å². The number of carboxylic acid groups (broad SMARTS) is 1. The monoisotopic (exact) mass is 374 g/mol. The summed E-state index contributed by atoms with van der Waals surface area (Å²) in [6.45, 7) is -0.224. The average molecular weight is 374 g/mol. The quantitative estimate of drug-likeness (QED) is 0.591. The van der Waals surface area contributed by atoms with Gasteiger partial charge in [-0.25, -0.2) is 17.9 Å². The van der Waals surface area contributed by atoms with Crippen LogP contribution in [0.1, 0.15) is 16.1 Å². The number of aliphatic hydroxyl groups excluding tert-OH is 1. The van der Waals surface area contributed by atoms with Gasteiger partial charge in [0.1, 0.15) is 5.69 Å². The van der Waals surface area contributed by atoms with Crippen molar-refractivity contribution in [3.63, 3.8) is 0 Å². The molecule has 134 valence electrons. The Kier molecular flexibility index (Phi) is 4.69. The molecule has 3 aromatic rings. The molecule has 0 aliphatic heterocycles. The van der Waals surface area contributed by atoms with Gasteiger partial charge in [-0.15, -0.1) is 5.10 Å². The zero-order valence-corrected chi connectivity index (χ0v) is 14.1. The second-order valence-corrected chi connectivity index (χ2v) is 6.98. The third-order valence-electron chi connectivity index (χ3n) is 3.50. The van der Waals surface area contributed by atoms with E-state index in [1.807, 2.05) is 0 Å². The summed E-state index contributed by atoms with van der Waals surface area (Å²) in [7, 11) is -3.84. The number of anilines is 1. The highest BCUT2D eigenvalue weighted by atomic mass is 32.2. The van der Waals surface area contributed by atoms with Crippen LogP contribution in [0.4, 0.5) is 5.69 Å². The molecule has 0 atom stereocenters. The maximum Gasteiger partial charge on any atom is 0.335 e. The van der Waals surface area contributed by atoms with Crippen LogP contribution in [0.25, 0.3) is 5.69 Å². The fourth-order valence-electron chi connectivity index (χ4n) is 2.17. The Morgan fingerprint density at radius 1 is 1.08 bits per heavy atom. The zero-order valence-electron chi connectivity index (χ0n) is 13.3. The van der Waals surface area contributed by atoms with Gasteiger partial charge in [0.2, 0.25) is 0 Å². The number of nitrogens with zero attached hydrogens (tertiary/aromatic N) is 3. The molecule has 10 heteroatoms. The number of carboxylic acids is 1. The van der Waals surface area contributed by atoms with Crippen LogP contribution in [0.15, 0.2) is 59.6 Å². The van der Waals surface area contributed by atoms with Gasteiger partial charge in [-0.1, -0.05) is 5.21 Å². The van der Waals surface area contributed by atoms with Gasteiger partial charge in [0, 0.05) is 5.69 Å². The number of rotatable bonds is 6. The number of aliphatic hydroxyl groups is 1. The molecule has 2 aromatic carbocycles. The van der Waals surface area contributed by atoms with E-state index in [2.05, 4.69) is 15.0 Å². The van der Waals surface area contributed by atoms with Crippen molar-refractivity contribution in [1.29, 1.82) is 0 Å². The second-order valence-electron chi connectivity index (χ2n) is 5.29. The van der Waals surface area contributed by atoms with Crippen molar-refractivity contribution >= 4 is 21.7 Å². The summed E-state index contributed by atoms with van der Waals surface area (Å²) in [6, 6.07) is 11.3. The van der Waals surface area contributed by atoms with E-state index in [0.717, 1.165) is 0 Å². The molecule has 26 heavy (non-hydrogen) atoms. The summed E-state index contributed by atoms with van der Waals surface area (Å²) in [4.78, 5) is 10.8. The Morgan fingerprint density at radius 2 is 1.73 bits per heavy atom. The highest BCUT2D eigenvalue weighted by molar-refractivity contribution is 7.92. The van der Waals surface area contributed by atoms with Crippen molar-refractivity contribution in [2.45, 2.75) is 11.5 Å². The normalized spacial score (nSPS) is 11.3. The number of hydrogen-bond donors (Lipinski definition) is 3. The van der Waals surface area contributed by atoms with E-state index in [0.29, 0.717) is 17.1 Å². The van der Waals surface area contributed by atoms with Crippen molar-refractivity contribution in [2.24, 2.45) is 0 Å². The summed E-state index contributed by atoms with van der Waals surface area (Å²) in [5, 5.41) is 25.5. The van der Waals surface area contributed by atoms with Crippen LogP contribution in [-0.4, -0.2) is 39.6 Å². The molecule has 1 aromatic heterocycles. The lowest BCUT2D eigenvalue weighted by atomic mass is 10.2. The molecule has 0 aliphatic carbocycles. The van der Waals surface area contributed by atoms with Crippen LogP contribution in [0.5, 0.6) is 0 Å². The first-order valence-electron chi connectivity index (χ1n) is 7.38. The molecule has 0 fully saturated rings. The number of aromatic nitrogens is 3. The highest BCUT2D eigenvalue weighted by Crippen LogP contribution is 2.18. The Morgan fingerprint density at radius 3 is 2.27 bits per heavy atom. The molecule has 1 heterocycles. The largest absolute Gasteiger partial charge is 0.478 e. The molecule has 0 saturated carbocycles. The van der Waals surface area contributed by atoms with Crippen molar-refractivity contribution < 1.29 is 23.4 Å². The minimum absolute atomic E-state index is 0.00313. The third-order valence-corrected chi connectivity index (χ3v) is 4.90. The first-order chi connectivity index (χ1) is 12.4. The molecule has 0 saturated heterocycles. The van der Waals surface area contributed by atoms with Gasteiger partial charge in [0.05, 0.1) is 29.0 Å². The van der Waals surface area contributed by atoms with Gasteiger partial charge in [0.15, 0.2) is 0 Å². The minimum Gasteiger partial charge on any atom is -0.478 e. The molecule has 0 radical (unpaired) electrons. The van der Waals surface area contributed by atoms with Gasteiger partial charge in [-0.05, 0) is 48.5 Å². The van der Waals surface area contributed by atoms with Crippen LogP contribution in [-0.2, 0) is 16.6 Å². The summed E-state index contributed by atoms with van der Waals surface area (Å²) in [5.41, 5.74) is 1.40. The number of sulfonamides is 1. The number of carbonyl (C=O) groups is 1. The predicted molar refractivity (Wildman–Crippen MR) is 91.5 cm³/mol. The van der Waals surface area contributed by atoms with Gasteiger partial charge >= 0.3 is 5.97 Å².